The second kappa shape index (κ2) is 11.6. The summed E-state index contributed by atoms with van der Waals surface area (Å²) in [5.74, 6) is 0. The zero-order valence-electron chi connectivity index (χ0n) is 11.7. The van der Waals surface area contributed by atoms with Crippen molar-refractivity contribution in [3.63, 3.8) is 0 Å². The highest BCUT2D eigenvalue weighted by molar-refractivity contribution is 5.69. The third kappa shape index (κ3) is 8.29. The van der Waals surface area contributed by atoms with Crippen LogP contribution >= 0.6 is 0 Å². The first-order valence-corrected chi connectivity index (χ1v) is 6.45. The van der Waals surface area contributed by atoms with Crippen molar-refractivity contribution in [3.05, 3.63) is 0 Å². The minimum absolute atomic E-state index is 0. The smallest absolute Gasteiger partial charge is 0.410 e. The van der Waals surface area contributed by atoms with E-state index in [4.69, 9.17) is 4.74 Å². The van der Waals surface area contributed by atoms with Gasteiger partial charge in [0.2, 0.25) is 0 Å². The lowest BCUT2D eigenvalue weighted by molar-refractivity contribution is 0.131. The molecule has 0 aliphatic carbocycles. The number of hydrogen-bond donors (Lipinski definition) is 1. The van der Waals surface area contributed by atoms with Crippen LogP contribution in [-0.4, -0.2) is 49.4 Å². The number of alkyl carbamates (subject to hydrolysis) is 1. The van der Waals surface area contributed by atoms with Gasteiger partial charge in [-0.25, -0.2) is 9.59 Å². The number of ether oxygens (including phenoxy) is 2. The molecule has 1 rings (SSSR count). The number of rotatable bonds is 4. The molecule has 0 aromatic carbocycles. The van der Waals surface area contributed by atoms with Gasteiger partial charge in [0.05, 0.1) is 13.2 Å². The van der Waals surface area contributed by atoms with Gasteiger partial charge in [-0.3, -0.25) is 0 Å². The van der Waals surface area contributed by atoms with E-state index in [2.05, 4.69) is 10.1 Å². The molecule has 0 saturated carbocycles. The Morgan fingerprint density at radius 1 is 1.42 bits per heavy atom. The lowest BCUT2D eigenvalue weighted by atomic mass is 10.3. The van der Waals surface area contributed by atoms with Crippen molar-refractivity contribution in [2.24, 2.45) is 0 Å². The van der Waals surface area contributed by atoms with Crippen LogP contribution in [0.15, 0.2) is 0 Å². The van der Waals surface area contributed by atoms with Gasteiger partial charge < -0.3 is 19.7 Å². The molecule has 0 bridgehead atoms. The summed E-state index contributed by atoms with van der Waals surface area (Å²) in [4.78, 5) is 22.9. The van der Waals surface area contributed by atoms with Gasteiger partial charge in [0.15, 0.2) is 0 Å². The van der Waals surface area contributed by atoms with E-state index in [1.165, 1.54) is 0 Å². The Bertz CT molecular complexity index is 251. The summed E-state index contributed by atoms with van der Waals surface area (Å²) in [5.41, 5.74) is 0. The Balaban J connectivity index is 0. The van der Waals surface area contributed by atoms with Gasteiger partial charge in [0.25, 0.3) is 0 Å². The van der Waals surface area contributed by atoms with Crippen molar-refractivity contribution < 1.29 is 19.1 Å². The van der Waals surface area contributed by atoms with Gasteiger partial charge in [-0.2, -0.15) is 0 Å². The summed E-state index contributed by atoms with van der Waals surface area (Å²) in [6, 6.07) is 0. The van der Waals surface area contributed by atoms with E-state index >= 15 is 0 Å². The zero-order valence-corrected chi connectivity index (χ0v) is 11.7. The molecule has 2 amide bonds. The molecule has 1 aliphatic rings. The maximum absolute atomic E-state index is 10.9. The molecule has 114 valence electrons. The average Bonchev–Trinajstić information content (AvgIpc) is 2.71. The molecule has 1 fully saturated rings. The van der Waals surface area contributed by atoms with Crippen LogP contribution in [-0.2, 0) is 9.47 Å². The molecule has 1 atom stereocenters. The minimum Gasteiger partial charge on any atom is -0.450 e. The van der Waals surface area contributed by atoms with Crippen LogP contribution in [0.2, 0.25) is 0 Å². The maximum Gasteiger partial charge on any atom is 0.410 e. The predicted octanol–water partition coefficient (Wildman–Crippen LogP) is 2.63. The monoisotopic (exact) mass is 276 g/mol. The fraction of sp³-hybridized carbons (Fsp3) is 0.846. The molecule has 1 aliphatic heterocycles. The molecule has 0 aromatic heterocycles. The third-order valence-electron chi connectivity index (χ3n) is 2.38. The second-order valence-electron chi connectivity index (χ2n) is 3.70. The Morgan fingerprint density at radius 2 is 2.05 bits per heavy atom. The molecular formula is C13H28N2O4. The predicted molar refractivity (Wildman–Crippen MR) is 75.2 cm³/mol. The molecule has 0 aromatic rings. The van der Waals surface area contributed by atoms with E-state index < -0.39 is 0 Å². The highest BCUT2D eigenvalue weighted by atomic mass is 16.6. The fourth-order valence-electron chi connectivity index (χ4n) is 1.37. The Morgan fingerprint density at radius 3 is 2.37 bits per heavy atom. The van der Waals surface area contributed by atoms with Crippen molar-refractivity contribution in [2.45, 2.75) is 47.6 Å². The molecular weight excluding hydrogens is 248 g/mol. The van der Waals surface area contributed by atoms with Crippen LogP contribution in [0.4, 0.5) is 9.59 Å². The van der Waals surface area contributed by atoms with Gasteiger partial charge in [0, 0.05) is 13.1 Å². The first-order valence-electron chi connectivity index (χ1n) is 6.45. The number of carbonyl (C=O) groups excluding carboxylic acids is 2. The van der Waals surface area contributed by atoms with E-state index in [9.17, 15) is 9.59 Å². The van der Waals surface area contributed by atoms with Gasteiger partial charge >= 0.3 is 12.2 Å². The van der Waals surface area contributed by atoms with Gasteiger partial charge in [-0.1, -0.05) is 14.4 Å². The lowest BCUT2D eigenvalue weighted by Gasteiger charge is -2.06. The summed E-state index contributed by atoms with van der Waals surface area (Å²) in [6.07, 6.45) is 0.555. The van der Waals surface area contributed by atoms with Crippen molar-refractivity contribution >= 4 is 12.2 Å². The van der Waals surface area contributed by atoms with E-state index in [-0.39, 0.29) is 25.7 Å². The lowest BCUT2D eigenvalue weighted by Crippen LogP contribution is -2.24. The number of nitrogens with one attached hydrogen (secondary N) is 1. The fourth-order valence-corrected chi connectivity index (χ4v) is 1.37. The zero-order chi connectivity index (χ0) is 14.0. The van der Waals surface area contributed by atoms with E-state index in [1.54, 1.807) is 11.8 Å². The number of hydrogen-bond acceptors (Lipinski definition) is 4. The standard InChI is InChI=1S/C7H13NO2.C5H11NO2.CH4/c1-3-6-5-8(4-2)7(9)10-6;1-3-6-5(7)8-4-2;/h6H,3-5H2,1-2H3;3-4H2,1-2H3,(H,6,7);1H4. The molecule has 0 spiro atoms. The van der Waals surface area contributed by atoms with Crippen LogP contribution in [0.25, 0.3) is 0 Å². The van der Waals surface area contributed by atoms with Crippen LogP contribution in [0, 0.1) is 0 Å². The SMILES string of the molecule is C.CCC1CN(CC)C(=O)O1.CCNC(=O)OCC. The molecule has 0 radical (unpaired) electrons. The molecule has 19 heavy (non-hydrogen) atoms. The summed E-state index contributed by atoms with van der Waals surface area (Å²) >= 11 is 0. The van der Waals surface area contributed by atoms with Crippen molar-refractivity contribution in [1.29, 1.82) is 0 Å². The summed E-state index contributed by atoms with van der Waals surface area (Å²) in [7, 11) is 0. The van der Waals surface area contributed by atoms with Crippen LogP contribution in [0.1, 0.15) is 41.5 Å². The maximum atomic E-state index is 10.9. The average molecular weight is 276 g/mol. The molecule has 1 unspecified atom stereocenters. The Hall–Kier alpha value is -1.46. The highest BCUT2D eigenvalue weighted by Gasteiger charge is 2.27. The number of amides is 2. The summed E-state index contributed by atoms with van der Waals surface area (Å²) < 4.78 is 9.53. The van der Waals surface area contributed by atoms with E-state index in [1.807, 2.05) is 20.8 Å². The number of carbonyl (C=O) groups is 2. The van der Waals surface area contributed by atoms with Gasteiger partial charge in [-0.15, -0.1) is 0 Å². The van der Waals surface area contributed by atoms with Crippen molar-refractivity contribution in [2.75, 3.05) is 26.2 Å². The normalized spacial score (nSPS) is 16.7. The van der Waals surface area contributed by atoms with Crippen LogP contribution in [0.3, 0.4) is 0 Å². The number of likely N-dealkylation sites (N-methyl/N-ethyl adjacent to an activating group) is 1. The highest BCUT2D eigenvalue weighted by Crippen LogP contribution is 2.12. The third-order valence-corrected chi connectivity index (χ3v) is 2.38. The first-order chi connectivity index (χ1) is 8.58. The minimum atomic E-state index is -0.338. The Labute approximate surface area is 116 Å². The van der Waals surface area contributed by atoms with Crippen LogP contribution in [0.5, 0.6) is 0 Å². The molecule has 6 nitrogen and oxygen atoms in total. The molecule has 6 heteroatoms. The summed E-state index contributed by atoms with van der Waals surface area (Å²) in [5, 5.41) is 2.49. The second-order valence-corrected chi connectivity index (χ2v) is 3.70. The van der Waals surface area contributed by atoms with E-state index in [0.29, 0.717) is 13.2 Å². The molecule has 1 N–H and O–H groups in total. The Kier molecular flexibility index (Phi) is 12.2. The molecule has 1 saturated heterocycles. The number of nitrogens with zero attached hydrogens (tertiary/aromatic N) is 1. The summed E-state index contributed by atoms with van der Waals surface area (Å²) in [6.45, 7) is 10.2. The van der Waals surface area contributed by atoms with Crippen molar-refractivity contribution in [1.82, 2.24) is 10.2 Å². The number of cyclic esters (lactones) is 1. The van der Waals surface area contributed by atoms with Crippen LogP contribution < -0.4 is 5.32 Å². The van der Waals surface area contributed by atoms with E-state index in [0.717, 1.165) is 19.5 Å². The largest absolute Gasteiger partial charge is 0.450 e. The molecule has 1 heterocycles. The topological polar surface area (TPSA) is 67.9 Å². The quantitative estimate of drug-likeness (QED) is 0.857. The first kappa shape index (κ1) is 19.9. The van der Waals surface area contributed by atoms with Gasteiger partial charge in [0.1, 0.15) is 6.10 Å². The van der Waals surface area contributed by atoms with Crippen molar-refractivity contribution in [3.8, 4) is 0 Å². The van der Waals surface area contributed by atoms with Gasteiger partial charge in [-0.05, 0) is 27.2 Å².